The van der Waals surface area contributed by atoms with Crippen molar-refractivity contribution in [3.8, 4) is 0 Å². The minimum absolute atomic E-state index is 0.174. The highest BCUT2D eigenvalue weighted by atomic mass is 15.3. The molecule has 0 spiro atoms. The first kappa shape index (κ1) is 12.6. The lowest BCUT2D eigenvalue weighted by Crippen LogP contribution is -2.53. The third kappa shape index (κ3) is 2.23. The molecule has 0 bridgehead atoms. The van der Waals surface area contributed by atoms with Crippen molar-refractivity contribution >= 4 is 0 Å². The van der Waals surface area contributed by atoms with Crippen LogP contribution in [0, 0.1) is 5.41 Å². The standard InChI is InChI=1S/C13H24N4/c1-5-17-11(14-10-16-17)9-13(12(2,3)4)7-6-8-15-13/h10,15H,5-9H2,1-4H3. The summed E-state index contributed by atoms with van der Waals surface area (Å²) in [4.78, 5) is 4.42. The van der Waals surface area contributed by atoms with Crippen molar-refractivity contribution in [2.45, 2.75) is 59.0 Å². The van der Waals surface area contributed by atoms with Gasteiger partial charge < -0.3 is 5.32 Å². The summed E-state index contributed by atoms with van der Waals surface area (Å²) in [5.41, 5.74) is 0.418. The molecule has 1 aromatic rings. The number of nitrogens with zero attached hydrogens (tertiary/aromatic N) is 3. The van der Waals surface area contributed by atoms with Crippen molar-refractivity contribution in [1.29, 1.82) is 0 Å². The van der Waals surface area contributed by atoms with Crippen LogP contribution >= 0.6 is 0 Å². The molecule has 1 atom stereocenters. The SMILES string of the molecule is CCn1ncnc1CC1(C(C)(C)C)CCCN1. The van der Waals surface area contributed by atoms with Gasteiger partial charge in [-0.3, -0.25) is 4.68 Å². The van der Waals surface area contributed by atoms with Crippen LogP contribution in [-0.2, 0) is 13.0 Å². The first-order chi connectivity index (χ1) is 7.98. The molecule has 0 aromatic carbocycles. The Hall–Kier alpha value is -0.900. The third-order valence-electron chi connectivity index (χ3n) is 4.13. The number of aromatic nitrogens is 3. The molecule has 2 heterocycles. The van der Waals surface area contributed by atoms with E-state index in [-0.39, 0.29) is 11.0 Å². The van der Waals surface area contributed by atoms with Crippen molar-refractivity contribution < 1.29 is 0 Å². The zero-order chi connectivity index (χ0) is 12.5. The maximum Gasteiger partial charge on any atom is 0.138 e. The average Bonchev–Trinajstić information content (AvgIpc) is 2.86. The van der Waals surface area contributed by atoms with Gasteiger partial charge in [0.1, 0.15) is 12.2 Å². The highest BCUT2D eigenvalue weighted by Crippen LogP contribution is 2.39. The van der Waals surface area contributed by atoms with E-state index in [0.29, 0.717) is 0 Å². The van der Waals surface area contributed by atoms with Gasteiger partial charge in [0.05, 0.1) is 0 Å². The lowest BCUT2D eigenvalue weighted by atomic mass is 9.70. The van der Waals surface area contributed by atoms with E-state index in [2.05, 4.69) is 43.1 Å². The second-order valence-electron chi connectivity index (χ2n) is 6.03. The molecule has 0 saturated carbocycles. The van der Waals surface area contributed by atoms with Crippen LogP contribution in [0.3, 0.4) is 0 Å². The maximum absolute atomic E-state index is 4.42. The summed E-state index contributed by atoms with van der Waals surface area (Å²) >= 11 is 0. The third-order valence-corrected chi connectivity index (χ3v) is 4.13. The van der Waals surface area contributed by atoms with Gasteiger partial charge in [-0.1, -0.05) is 20.8 Å². The average molecular weight is 236 g/mol. The fraction of sp³-hybridized carbons (Fsp3) is 0.846. The van der Waals surface area contributed by atoms with Crippen LogP contribution in [0.2, 0.25) is 0 Å². The number of hydrogen-bond acceptors (Lipinski definition) is 3. The summed E-state index contributed by atoms with van der Waals surface area (Å²) in [6, 6.07) is 0. The summed E-state index contributed by atoms with van der Waals surface area (Å²) < 4.78 is 2.01. The molecule has 2 rings (SSSR count). The van der Waals surface area contributed by atoms with Crippen molar-refractivity contribution in [3.05, 3.63) is 12.2 Å². The van der Waals surface area contributed by atoms with Crippen LogP contribution in [0.4, 0.5) is 0 Å². The fourth-order valence-electron chi connectivity index (χ4n) is 2.82. The smallest absolute Gasteiger partial charge is 0.138 e. The Labute approximate surface area is 104 Å². The fourth-order valence-corrected chi connectivity index (χ4v) is 2.82. The predicted molar refractivity (Wildman–Crippen MR) is 68.8 cm³/mol. The molecule has 0 aliphatic carbocycles. The van der Waals surface area contributed by atoms with E-state index in [0.717, 1.165) is 25.3 Å². The van der Waals surface area contributed by atoms with Crippen molar-refractivity contribution in [3.63, 3.8) is 0 Å². The molecule has 1 N–H and O–H groups in total. The summed E-state index contributed by atoms with van der Waals surface area (Å²) in [5, 5.41) is 7.99. The number of rotatable bonds is 3. The van der Waals surface area contributed by atoms with Gasteiger partial charge in [0.25, 0.3) is 0 Å². The molecule has 4 nitrogen and oxygen atoms in total. The summed E-state index contributed by atoms with van der Waals surface area (Å²) in [6.45, 7) is 11.1. The van der Waals surface area contributed by atoms with Gasteiger partial charge >= 0.3 is 0 Å². The molecule has 0 amide bonds. The second-order valence-corrected chi connectivity index (χ2v) is 6.03. The molecule has 0 radical (unpaired) electrons. The van der Waals surface area contributed by atoms with Gasteiger partial charge in [-0.25, -0.2) is 4.98 Å². The number of hydrogen-bond donors (Lipinski definition) is 1. The Morgan fingerprint density at radius 3 is 2.76 bits per heavy atom. The largest absolute Gasteiger partial charge is 0.310 e. The van der Waals surface area contributed by atoms with E-state index in [4.69, 9.17) is 0 Å². The molecule has 1 aliphatic heterocycles. The first-order valence-corrected chi connectivity index (χ1v) is 6.60. The van der Waals surface area contributed by atoms with Crippen LogP contribution in [0.5, 0.6) is 0 Å². The van der Waals surface area contributed by atoms with Gasteiger partial charge in [0.15, 0.2) is 0 Å². The van der Waals surface area contributed by atoms with E-state index < -0.39 is 0 Å². The van der Waals surface area contributed by atoms with Gasteiger partial charge in [-0.05, 0) is 31.7 Å². The Morgan fingerprint density at radius 1 is 1.47 bits per heavy atom. The molecule has 1 fully saturated rings. The molecular formula is C13H24N4. The lowest BCUT2D eigenvalue weighted by Gasteiger charge is -2.42. The summed E-state index contributed by atoms with van der Waals surface area (Å²) in [6.07, 6.45) is 5.14. The minimum Gasteiger partial charge on any atom is -0.310 e. The van der Waals surface area contributed by atoms with Crippen molar-refractivity contribution in [2.75, 3.05) is 6.54 Å². The molecule has 1 aromatic heterocycles. The first-order valence-electron chi connectivity index (χ1n) is 6.60. The van der Waals surface area contributed by atoms with E-state index >= 15 is 0 Å². The van der Waals surface area contributed by atoms with Gasteiger partial charge in [-0.2, -0.15) is 5.10 Å². The lowest BCUT2D eigenvalue weighted by molar-refractivity contribution is 0.155. The van der Waals surface area contributed by atoms with Crippen LogP contribution in [0.25, 0.3) is 0 Å². The predicted octanol–water partition coefficient (Wildman–Crippen LogP) is 2.01. The Morgan fingerprint density at radius 2 is 2.24 bits per heavy atom. The molecule has 1 aliphatic rings. The van der Waals surface area contributed by atoms with E-state index in [9.17, 15) is 0 Å². The zero-order valence-corrected chi connectivity index (χ0v) is 11.5. The van der Waals surface area contributed by atoms with Gasteiger partial charge in [0.2, 0.25) is 0 Å². The van der Waals surface area contributed by atoms with Gasteiger partial charge in [-0.15, -0.1) is 0 Å². The Bertz CT molecular complexity index is 369. The quantitative estimate of drug-likeness (QED) is 0.873. The highest BCUT2D eigenvalue weighted by Gasteiger charge is 2.44. The number of nitrogens with one attached hydrogen (secondary N) is 1. The molecular weight excluding hydrogens is 212 g/mol. The normalized spacial score (nSPS) is 25.4. The topological polar surface area (TPSA) is 42.7 Å². The Balaban J connectivity index is 2.25. The molecule has 96 valence electrons. The monoisotopic (exact) mass is 236 g/mol. The van der Waals surface area contributed by atoms with Crippen LogP contribution < -0.4 is 5.32 Å². The van der Waals surface area contributed by atoms with E-state index in [1.165, 1.54) is 12.8 Å². The Kier molecular flexibility index (Phi) is 3.25. The van der Waals surface area contributed by atoms with Crippen LogP contribution in [-0.4, -0.2) is 26.8 Å². The molecule has 1 saturated heterocycles. The number of aryl methyl sites for hydroxylation is 1. The zero-order valence-electron chi connectivity index (χ0n) is 11.5. The van der Waals surface area contributed by atoms with Crippen LogP contribution in [0.1, 0.15) is 46.4 Å². The highest BCUT2D eigenvalue weighted by molar-refractivity contribution is 5.08. The summed E-state index contributed by atoms with van der Waals surface area (Å²) in [5.74, 6) is 1.11. The summed E-state index contributed by atoms with van der Waals surface area (Å²) in [7, 11) is 0. The maximum atomic E-state index is 4.42. The van der Waals surface area contributed by atoms with E-state index in [1.54, 1.807) is 6.33 Å². The van der Waals surface area contributed by atoms with Crippen molar-refractivity contribution in [1.82, 2.24) is 20.1 Å². The van der Waals surface area contributed by atoms with Crippen LogP contribution in [0.15, 0.2) is 6.33 Å². The molecule has 1 unspecified atom stereocenters. The van der Waals surface area contributed by atoms with Crippen molar-refractivity contribution in [2.24, 2.45) is 5.41 Å². The minimum atomic E-state index is 0.174. The van der Waals surface area contributed by atoms with Gasteiger partial charge in [0, 0.05) is 18.5 Å². The molecule has 4 heteroatoms. The van der Waals surface area contributed by atoms with E-state index in [1.807, 2.05) is 4.68 Å². The molecule has 17 heavy (non-hydrogen) atoms. The second kappa shape index (κ2) is 4.41.